The molecular weight excluding hydrogens is 320 g/mol. The molecule has 0 bridgehead atoms. The maximum Gasteiger partial charge on any atom is 0.226 e. The Morgan fingerprint density at radius 2 is 2.04 bits per heavy atom. The number of amides is 1. The lowest BCUT2D eigenvalue weighted by atomic mass is 9.89. The summed E-state index contributed by atoms with van der Waals surface area (Å²) in [6.07, 6.45) is 8.92. The highest BCUT2D eigenvalue weighted by atomic mass is 16.5. The molecule has 3 aliphatic heterocycles. The van der Waals surface area contributed by atoms with Crippen molar-refractivity contribution < 1.29 is 14.3 Å². The number of carbonyl (C=O) groups is 1. The van der Waals surface area contributed by atoms with E-state index in [1.165, 1.54) is 0 Å². The van der Waals surface area contributed by atoms with E-state index in [1.807, 2.05) is 4.90 Å². The second-order valence-corrected chi connectivity index (χ2v) is 7.27. The molecule has 3 fully saturated rings. The summed E-state index contributed by atoms with van der Waals surface area (Å²) in [5, 5.41) is 0. The van der Waals surface area contributed by atoms with E-state index >= 15 is 0 Å². The third-order valence-electron chi connectivity index (χ3n) is 5.54. The average molecular weight is 346 g/mol. The van der Waals surface area contributed by atoms with E-state index in [0.717, 1.165) is 44.6 Å². The van der Waals surface area contributed by atoms with Gasteiger partial charge in [-0.2, -0.15) is 0 Å². The molecule has 0 saturated carbocycles. The first kappa shape index (κ1) is 16.7. The molecule has 7 heteroatoms. The average Bonchev–Trinajstić information content (AvgIpc) is 2.69. The Hall–Kier alpha value is -1.73. The zero-order valence-corrected chi connectivity index (χ0v) is 14.6. The van der Waals surface area contributed by atoms with Gasteiger partial charge in [-0.1, -0.05) is 0 Å². The van der Waals surface area contributed by atoms with E-state index in [0.29, 0.717) is 32.9 Å². The lowest BCUT2D eigenvalue weighted by molar-refractivity contribution is -0.158. The van der Waals surface area contributed by atoms with Crippen LogP contribution in [0.25, 0.3) is 0 Å². The van der Waals surface area contributed by atoms with E-state index in [2.05, 4.69) is 14.9 Å². The Balaban J connectivity index is 1.45. The Kier molecular flexibility index (Phi) is 4.85. The topological polar surface area (TPSA) is 67.8 Å². The van der Waals surface area contributed by atoms with Crippen LogP contribution < -0.4 is 4.90 Å². The molecule has 1 amide bonds. The number of anilines is 1. The van der Waals surface area contributed by atoms with E-state index in [-0.39, 0.29) is 17.4 Å². The summed E-state index contributed by atoms with van der Waals surface area (Å²) in [6.45, 7) is 5.12. The van der Waals surface area contributed by atoms with E-state index in [4.69, 9.17) is 9.47 Å². The van der Waals surface area contributed by atoms with Crippen LogP contribution in [0.4, 0.5) is 5.82 Å². The third kappa shape index (κ3) is 3.62. The van der Waals surface area contributed by atoms with Gasteiger partial charge < -0.3 is 19.3 Å². The second kappa shape index (κ2) is 7.25. The summed E-state index contributed by atoms with van der Waals surface area (Å²) in [5.74, 6) is 1.28. The molecule has 4 rings (SSSR count). The Morgan fingerprint density at radius 1 is 1.16 bits per heavy atom. The van der Waals surface area contributed by atoms with Crippen molar-refractivity contribution in [2.45, 2.75) is 31.3 Å². The van der Waals surface area contributed by atoms with Gasteiger partial charge in [-0.25, -0.2) is 4.98 Å². The first-order valence-electron chi connectivity index (χ1n) is 9.27. The van der Waals surface area contributed by atoms with Gasteiger partial charge in [0.05, 0.1) is 25.9 Å². The molecule has 0 aliphatic carbocycles. The number of hydrogen-bond donors (Lipinski definition) is 0. The molecular formula is C18H26N4O3. The van der Waals surface area contributed by atoms with Crippen LogP contribution in [0, 0.1) is 5.92 Å². The smallest absolute Gasteiger partial charge is 0.226 e. The van der Waals surface area contributed by atoms with Gasteiger partial charge in [-0.05, 0) is 25.7 Å². The SMILES string of the molecule is O=C(C1CCOCC1)N1CCO[C@]2(CCCN(c3cnccn3)C2)C1. The van der Waals surface area contributed by atoms with Crippen molar-refractivity contribution in [1.29, 1.82) is 0 Å². The van der Waals surface area contributed by atoms with Crippen molar-refractivity contribution in [2.24, 2.45) is 5.92 Å². The lowest BCUT2D eigenvalue weighted by Gasteiger charge is -2.48. The number of hydrogen-bond acceptors (Lipinski definition) is 6. The number of ether oxygens (including phenoxy) is 2. The van der Waals surface area contributed by atoms with Gasteiger partial charge in [0.25, 0.3) is 0 Å². The number of carbonyl (C=O) groups excluding carboxylic acids is 1. The molecule has 4 heterocycles. The zero-order valence-electron chi connectivity index (χ0n) is 14.6. The molecule has 1 spiro atoms. The van der Waals surface area contributed by atoms with Crippen LogP contribution in [0.1, 0.15) is 25.7 Å². The summed E-state index contributed by atoms with van der Waals surface area (Å²) in [5.41, 5.74) is -0.283. The maximum absolute atomic E-state index is 12.9. The highest BCUT2D eigenvalue weighted by Gasteiger charge is 2.43. The fourth-order valence-corrected chi connectivity index (χ4v) is 4.23. The molecule has 3 saturated heterocycles. The fraction of sp³-hybridized carbons (Fsp3) is 0.722. The van der Waals surface area contributed by atoms with Crippen molar-refractivity contribution >= 4 is 11.7 Å². The minimum atomic E-state index is -0.283. The lowest BCUT2D eigenvalue weighted by Crippen LogP contribution is -2.61. The van der Waals surface area contributed by atoms with Gasteiger partial charge in [0, 0.05) is 44.6 Å². The third-order valence-corrected chi connectivity index (χ3v) is 5.54. The number of morpholine rings is 1. The Labute approximate surface area is 148 Å². The molecule has 1 atom stereocenters. The van der Waals surface area contributed by atoms with Crippen LogP contribution >= 0.6 is 0 Å². The highest BCUT2D eigenvalue weighted by molar-refractivity contribution is 5.79. The quantitative estimate of drug-likeness (QED) is 0.799. The molecule has 0 aromatic carbocycles. The van der Waals surface area contributed by atoms with E-state index < -0.39 is 0 Å². The Bertz CT molecular complexity index is 589. The normalized spacial score (nSPS) is 28.3. The first-order chi connectivity index (χ1) is 12.3. The summed E-state index contributed by atoms with van der Waals surface area (Å²) in [4.78, 5) is 25.8. The summed E-state index contributed by atoms with van der Waals surface area (Å²) < 4.78 is 11.6. The Morgan fingerprint density at radius 3 is 2.84 bits per heavy atom. The van der Waals surface area contributed by atoms with Crippen molar-refractivity contribution in [2.75, 3.05) is 50.9 Å². The minimum absolute atomic E-state index is 0.114. The van der Waals surface area contributed by atoms with E-state index in [1.54, 1.807) is 18.6 Å². The van der Waals surface area contributed by atoms with Crippen LogP contribution in [0.5, 0.6) is 0 Å². The van der Waals surface area contributed by atoms with Crippen LogP contribution in [-0.2, 0) is 14.3 Å². The first-order valence-corrected chi connectivity index (χ1v) is 9.27. The van der Waals surface area contributed by atoms with Gasteiger partial charge in [0.15, 0.2) is 0 Å². The predicted octanol–water partition coefficient (Wildman–Crippen LogP) is 1.10. The van der Waals surface area contributed by atoms with Crippen LogP contribution in [0.2, 0.25) is 0 Å². The second-order valence-electron chi connectivity index (χ2n) is 7.27. The monoisotopic (exact) mass is 346 g/mol. The number of piperidine rings is 1. The maximum atomic E-state index is 12.9. The number of aromatic nitrogens is 2. The van der Waals surface area contributed by atoms with Gasteiger partial charge >= 0.3 is 0 Å². The van der Waals surface area contributed by atoms with E-state index in [9.17, 15) is 4.79 Å². The van der Waals surface area contributed by atoms with Crippen molar-refractivity contribution in [3.63, 3.8) is 0 Å². The molecule has 3 aliphatic rings. The zero-order chi connectivity index (χ0) is 17.1. The fourth-order valence-electron chi connectivity index (χ4n) is 4.23. The van der Waals surface area contributed by atoms with Gasteiger partial charge in [0.2, 0.25) is 5.91 Å². The van der Waals surface area contributed by atoms with Gasteiger partial charge in [0.1, 0.15) is 11.4 Å². The predicted molar refractivity (Wildman–Crippen MR) is 92.3 cm³/mol. The van der Waals surface area contributed by atoms with Crippen molar-refractivity contribution in [3.8, 4) is 0 Å². The van der Waals surface area contributed by atoms with Crippen LogP contribution in [0.3, 0.4) is 0 Å². The van der Waals surface area contributed by atoms with Crippen LogP contribution in [-0.4, -0.2) is 72.4 Å². The van der Waals surface area contributed by atoms with Gasteiger partial charge in [-0.15, -0.1) is 0 Å². The number of rotatable bonds is 2. The molecule has 136 valence electrons. The minimum Gasteiger partial charge on any atom is -0.381 e. The van der Waals surface area contributed by atoms with Crippen LogP contribution in [0.15, 0.2) is 18.6 Å². The molecule has 0 radical (unpaired) electrons. The largest absolute Gasteiger partial charge is 0.381 e. The van der Waals surface area contributed by atoms with Crippen molar-refractivity contribution in [3.05, 3.63) is 18.6 Å². The summed E-state index contributed by atoms with van der Waals surface area (Å²) >= 11 is 0. The van der Waals surface area contributed by atoms with Crippen molar-refractivity contribution in [1.82, 2.24) is 14.9 Å². The molecule has 0 N–H and O–H groups in total. The number of nitrogens with zero attached hydrogens (tertiary/aromatic N) is 4. The summed E-state index contributed by atoms with van der Waals surface area (Å²) in [6, 6.07) is 0. The molecule has 1 aromatic rings. The highest BCUT2D eigenvalue weighted by Crippen LogP contribution is 2.32. The molecule has 1 aromatic heterocycles. The van der Waals surface area contributed by atoms with Gasteiger partial charge in [-0.3, -0.25) is 9.78 Å². The molecule has 0 unspecified atom stereocenters. The standard InChI is InChI=1S/C18H26N4O3/c23-17(15-2-9-24-10-3-15)22-8-11-25-18(14-22)4-1-7-21(13-18)16-12-19-5-6-20-16/h5-6,12,15H,1-4,7-11,13-14H2/t18-/m0/s1. The molecule has 7 nitrogen and oxygen atoms in total. The summed E-state index contributed by atoms with van der Waals surface area (Å²) in [7, 11) is 0. The molecule has 25 heavy (non-hydrogen) atoms.